The molecule has 1 aromatic rings. The number of anilines is 1. The van der Waals surface area contributed by atoms with Gasteiger partial charge in [-0.3, -0.25) is 14.8 Å². The summed E-state index contributed by atoms with van der Waals surface area (Å²) in [6, 6.07) is 3.50. The van der Waals surface area contributed by atoms with Crippen molar-refractivity contribution in [3.63, 3.8) is 0 Å². The fourth-order valence-corrected chi connectivity index (χ4v) is 1.97. The Kier molecular flexibility index (Phi) is 7.63. The number of nitrogens with one attached hydrogen (secondary N) is 1. The topological polar surface area (TPSA) is 68.0 Å². The normalized spacial score (nSPS) is 12.3. The van der Waals surface area contributed by atoms with E-state index in [2.05, 4.69) is 37.9 Å². The number of hydrogen-bond acceptors (Lipinski definition) is 4. The van der Waals surface area contributed by atoms with E-state index in [0.29, 0.717) is 35.7 Å². The Morgan fingerprint density at radius 1 is 1.62 bits per heavy atom. The zero-order chi connectivity index (χ0) is 15.7. The lowest BCUT2D eigenvalue weighted by Crippen LogP contribution is -2.26. The number of rotatable bonds is 7. The van der Waals surface area contributed by atoms with Crippen LogP contribution in [-0.2, 0) is 11.3 Å². The maximum absolute atomic E-state index is 12.3. The van der Waals surface area contributed by atoms with Crippen molar-refractivity contribution in [3.05, 3.63) is 39.4 Å². The molecule has 0 unspecified atom stereocenters. The lowest BCUT2D eigenvalue weighted by atomic mass is 10.3. The summed E-state index contributed by atoms with van der Waals surface area (Å²) >= 11 is 3.35. The average molecular weight is 355 g/mol. The van der Waals surface area contributed by atoms with Gasteiger partial charge in [0.15, 0.2) is 0 Å². The summed E-state index contributed by atoms with van der Waals surface area (Å²) in [5.74, 6) is 0.534. The molecule has 114 valence electrons. The minimum Gasteiger partial charge on any atom is -0.383 e. The summed E-state index contributed by atoms with van der Waals surface area (Å²) in [7, 11) is 1.60. The summed E-state index contributed by atoms with van der Waals surface area (Å²) in [4.78, 5) is 20.3. The molecule has 1 aromatic heterocycles. The van der Waals surface area contributed by atoms with Crippen molar-refractivity contribution in [1.82, 2.24) is 4.57 Å². The molecule has 0 saturated heterocycles. The Bertz CT molecular complexity index is 593. The Labute approximate surface area is 132 Å². The van der Waals surface area contributed by atoms with Crippen LogP contribution in [0.5, 0.6) is 0 Å². The molecule has 0 atom stereocenters. The number of pyridine rings is 1. The van der Waals surface area contributed by atoms with E-state index in [1.165, 1.54) is 6.20 Å². The van der Waals surface area contributed by atoms with Crippen LogP contribution in [-0.4, -0.2) is 37.4 Å². The van der Waals surface area contributed by atoms with E-state index < -0.39 is 0 Å². The van der Waals surface area contributed by atoms with Crippen molar-refractivity contribution in [2.24, 2.45) is 9.98 Å². The van der Waals surface area contributed by atoms with E-state index in [4.69, 9.17) is 4.74 Å². The lowest BCUT2D eigenvalue weighted by Gasteiger charge is -2.11. The first kappa shape index (κ1) is 17.3. The summed E-state index contributed by atoms with van der Waals surface area (Å²) in [5.41, 5.74) is 0.306. The number of nitrogens with zero attached hydrogens (tertiary/aromatic N) is 3. The minimum absolute atomic E-state index is 0.134. The van der Waals surface area contributed by atoms with Crippen LogP contribution in [0.1, 0.15) is 6.92 Å². The van der Waals surface area contributed by atoms with E-state index in [-0.39, 0.29) is 5.56 Å². The van der Waals surface area contributed by atoms with Crippen LogP contribution in [0.15, 0.2) is 43.8 Å². The summed E-state index contributed by atoms with van der Waals surface area (Å²) < 4.78 is 7.20. The Morgan fingerprint density at radius 3 is 3.00 bits per heavy atom. The Morgan fingerprint density at radius 2 is 2.38 bits per heavy atom. The van der Waals surface area contributed by atoms with Gasteiger partial charge >= 0.3 is 0 Å². The number of methoxy groups -OCH3 is 1. The quantitative estimate of drug-likeness (QED) is 0.603. The molecule has 0 aromatic carbocycles. The minimum atomic E-state index is -0.134. The van der Waals surface area contributed by atoms with Gasteiger partial charge in [-0.2, -0.15) is 0 Å². The zero-order valence-corrected chi connectivity index (χ0v) is 13.8. The summed E-state index contributed by atoms with van der Waals surface area (Å²) in [5, 5.41) is 3.02. The van der Waals surface area contributed by atoms with Gasteiger partial charge in [0.05, 0.1) is 11.1 Å². The second kappa shape index (κ2) is 9.25. The van der Waals surface area contributed by atoms with Crippen LogP contribution < -0.4 is 10.9 Å². The van der Waals surface area contributed by atoms with Crippen LogP contribution in [0.2, 0.25) is 0 Å². The standard InChI is InChI=1S/C14H19BrN4O2/c1-4-17-13(11(15)10-16-2)18-12-6-5-7-19(14(12)20)8-9-21-3/h5-7,10H,2,4,8-9H2,1,3H3,(H,17,18)/b11-10+. The largest absolute Gasteiger partial charge is 0.383 e. The van der Waals surface area contributed by atoms with Gasteiger partial charge in [0, 0.05) is 32.6 Å². The first-order valence-electron chi connectivity index (χ1n) is 6.45. The van der Waals surface area contributed by atoms with Crippen molar-refractivity contribution in [2.75, 3.05) is 25.6 Å². The highest BCUT2D eigenvalue weighted by atomic mass is 79.9. The molecule has 0 amide bonds. The van der Waals surface area contributed by atoms with Gasteiger partial charge in [0.25, 0.3) is 5.56 Å². The first-order chi connectivity index (χ1) is 10.1. The molecule has 7 heteroatoms. The van der Waals surface area contributed by atoms with Gasteiger partial charge in [0.2, 0.25) is 0 Å². The number of halogens is 1. The SMILES string of the molecule is C=N/C=C(/Br)C(=NCC)Nc1cccn(CCOC)c1=O. The van der Waals surface area contributed by atoms with Crippen LogP contribution >= 0.6 is 15.9 Å². The average Bonchev–Trinajstić information content (AvgIpc) is 2.47. The fraction of sp³-hybridized carbons (Fsp3) is 0.357. The molecular formula is C14H19BrN4O2. The maximum atomic E-state index is 12.3. The highest BCUT2D eigenvalue weighted by Gasteiger charge is 2.08. The number of aliphatic imine (C=N–C) groups is 2. The van der Waals surface area contributed by atoms with Gasteiger partial charge in [-0.1, -0.05) is 0 Å². The molecule has 0 spiro atoms. The smallest absolute Gasteiger partial charge is 0.274 e. The molecule has 0 fully saturated rings. The van der Waals surface area contributed by atoms with Gasteiger partial charge < -0.3 is 14.6 Å². The number of amidine groups is 1. The molecule has 0 aliphatic heterocycles. The summed E-state index contributed by atoms with van der Waals surface area (Å²) in [6.45, 7) is 6.85. The molecule has 0 radical (unpaired) electrons. The highest BCUT2D eigenvalue weighted by Crippen LogP contribution is 2.11. The maximum Gasteiger partial charge on any atom is 0.274 e. The van der Waals surface area contributed by atoms with Crippen molar-refractivity contribution in [1.29, 1.82) is 0 Å². The van der Waals surface area contributed by atoms with E-state index in [1.807, 2.05) is 6.92 Å². The fourth-order valence-electron chi connectivity index (χ4n) is 1.60. The molecular weight excluding hydrogens is 336 g/mol. The van der Waals surface area contributed by atoms with E-state index in [0.717, 1.165) is 0 Å². The Balaban J connectivity index is 3.05. The predicted octanol–water partition coefficient (Wildman–Crippen LogP) is 2.26. The first-order valence-corrected chi connectivity index (χ1v) is 7.25. The molecule has 0 aliphatic carbocycles. The monoisotopic (exact) mass is 354 g/mol. The molecule has 1 heterocycles. The van der Waals surface area contributed by atoms with Crippen molar-refractivity contribution >= 4 is 34.2 Å². The predicted molar refractivity (Wildman–Crippen MR) is 90.7 cm³/mol. The zero-order valence-electron chi connectivity index (χ0n) is 12.2. The molecule has 1 N–H and O–H groups in total. The van der Waals surface area contributed by atoms with E-state index in [9.17, 15) is 4.79 Å². The van der Waals surface area contributed by atoms with Crippen molar-refractivity contribution in [2.45, 2.75) is 13.5 Å². The molecule has 21 heavy (non-hydrogen) atoms. The second-order valence-electron chi connectivity index (χ2n) is 4.02. The van der Waals surface area contributed by atoms with Gasteiger partial charge in [-0.15, -0.1) is 0 Å². The van der Waals surface area contributed by atoms with Crippen LogP contribution in [0.4, 0.5) is 5.69 Å². The molecule has 6 nitrogen and oxygen atoms in total. The van der Waals surface area contributed by atoms with E-state index in [1.54, 1.807) is 30.0 Å². The third-order valence-corrected chi connectivity index (χ3v) is 3.14. The highest BCUT2D eigenvalue weighted by molar-refractivity contribution is 9.12. The molecule has 0 saturated carbocycles. The molecule has 0 aliphatic rings. The molecule has 0 bridgehead atoms. The van der Waals surface area contributed by atoms with Gasteiger partial charge in [-0.05, 0) is 41.7 Å². The number of ether oxygens (including phenoxy) is 1. The number of hydrogen-bond donors (Lipinski definition) is 1. The number of aromatic nitrogens is 1. The second-order valence-corrected chi connectivity index (χ2v) is 4.88. The van der Waals surface area contributed by atoms with Crippen molar-refractivity contribution in [3.8, 4) is 0 Å². The molecule has 1 rings (SSSR count). The van der Waals surface area contributed by atoms with Crippen LogP contribution in [0, 0.1) is 0 Å². The lowest BCUT2D eigenvalue weighted by molar-refractivity contribution is 0.186. The third-order valence-electron chi connectivity index (χ3n) is 2.56. The summed E-state index contributed by atoms with van der Waals surface area (Å²) in [6.07, 6.45) is 3.24. The van der Waals surface area contributed by atoms with Gasteiger partial charge in [0.1, 0.15) is 11.5 Å². The van der Waals surface area contributed by atoms with Crippen molar-refractivity contribution < 1.29 is 4.74 Å². The van der Waals surface area contributed by atoms with Crippen LogP contribution in [0.3, 0.4) is 0 Å². The Hall–Kier alpha value is -1.73. The third kappa shape index (κ3) is 5.28. The van der Waals surface area contributed by atoms with Gasteiger partial charge in [-0.25, -0.2) is 0 Å². The van der Waals surface area contributed by atoms with Crippen LogP contribution in [0.25, 0.3) is 0 Å². The van der Waals surface area contributed by atoms with E-state index >= 15 is 0 Å².